The van der Waals surface area contributed by atoms with Crippen molar-refractivity contribution in [3.63, 3.8) is 0 Å². The van der Waals surface area contributed by atoms with Crippen molar-refractivity contribution < 1.29 is 14.8 Å². The molecule has 1 aliphatic carbocycles. The zero-order valence-electron chi connectivity index (χ0n) is 21.0. The molecule has 4 heteroatoms. The van der Waals surface area contributed by atoms with Crippen molar-refractivity contribution >= 4 is 23.4 Å². The fourth-order valence-corrected chi connectivity index (χ4v) is 6.73. The zero-order valence-corrected chi connectivity index (χ0v) is 21.0. The van der Waals surface area contributed by atoms with E-state index in [4.69, 9.17) is 4.74 Å². The first-order valence-electron chi connectivity index (χ1n) is 13.2. The second-order valence-electron chi connectivity index (χ2n) is 10.3. The van der Waals surface area contributed by atoms with Crippen LogP contribution in [0, 0.1) is 0 Å². The number of ether oxygens (including phenoxy) is 1. The molecule has 1 heterocycles. The van der Waals surface area contributed by atoms with Gasteiger partial charge >= 0.3 is 7.12 Å². The smallest absolute Gasteiger partial charge is 0.457 e. The van der Waals surface area contributed by atoms with Gasteiger partial charge in [0.25, 0.3) is 0 Å². The Morgan fingerprint density at radius 1 is 0.513 bits per heavy atom. The summed E-state index contributed by atoms with van der Waals surface area (Å²) in [6.45, 7) is 0. The summed E-state index contributed by atoms with van der Waals surface area (Å²) in [5, 5.41) is 22.3. The van der Waals surface area contributed by atoms with Gasteiger partial charge < -0.3 is 14.8 Å². The predicted molar refractivity (Wildman–Crippen MR) is 157 cm³/mol. The van der Waals surface area contributed by atoms with E-state index in [1.165, 1.54) is 38.6 Å². The summed E-state index contributed by atoms with van der Waals surface area (Å²) in [5.41, 5.74) is 9.01. The van der Waals surface area contributed by atoms with Gasteiger partial charge in [-0.15, -0.1) is 0 Å². The van der Waals surface area contributed by atoms with Crippen molar-refractivity contribution in [2.45, 2.75) is 5.41 Å². The molecule has 1 aliphatic heterocycles. The molecule has 0 fully saturated rings. The summed E-state index contributed by atoms with van der Waals surface area (Å²) in [6, 6.07) is 44.2. The Hall–Kier alpha value is -4.64. The van der Waals surface area contributed by atoms with E-state index in [2.05, 4.69) is 97.1 Å². The van der Waals surface area contributed by atoms with Gasteiger partial charge in [-0.2, -0.15) is 0 Å². The van der Waals surface area contributed by atoms with Crippen LogP contribution >= 0.6 is 0 Å². The van der Waals surface area contributed by atoms with Gasteiger partial charge in [0.2, 0.25) is 0 Å². The lowest BCUT2D eigenvalue weighted by Gasteiger charge is -2.39. The Balaban J connectivity index is 1.49. The summed E-state index contributed by atoms with van der Waals surface area (Å²) in [4.78, 5) is 0. The van der Waals surface area contributed by atoms with E-state index in [0.717, 1.165) is 22.4 Å². The van der Waals surface area contributed by atoms with E-state index in [9.17, 15) is 10.0 Å². The first-order valence-corrected chi connectivity index (χ1v) is 13.2. The second-order valence-corrected chi connectivity index (χ2v) is 10.3. The minimum absolute atomic E-state index is 0.402. The molecule has 6 aromatic rings. The highest BCUT2D eigenvalue weighted by molar-refractivity contribution is 6.58. The lowest BCUT2D eigenvalue weighted by atomic mass is 9.65. The predicted octanol–water partition coefficient (Wildman–Crippen LogP) is 6.66. The van der Waals surface area contributed by atoms with E-state index in [-0.39, 0.29) is 0 Å². The summed E-state index contributed by atoms with van der Waals surface area (Å²) >= 11 is 0. The number of rotatable bonds is 2. The Morgan fingerprint density at radius 3 is 2.10 bits per heavy atom. The number of para-hydroxylation sites is 1. The topological polar surface area (TPSA) is 49.7 Å². The molecule has 1 spiro atoms. The van der Waals surface area contributed by atoms with E-state index in [0.29, 0.717) is 11.2 Å². The average Bonchev–Trinajstić information content (AvgIpc) is 3.27. The number of benzene rings is 6. The van der Waals surface area contributed by atoms with Crippen LogP contribution in [0.5, 0.6) is 11.5 Å². The van der Waals surface area contributed by atoms with Crippen LogP contribution in [0.4, 0.5) is 0 Å². The van der Waals surface area contributed by atoms with Gasteiger partial charge in [-0.25, -0.2) is 0 Å². The van der Waals surface area contributed by atoms with Crippen LogP contribution in [0.15, 0.2) is 127 Å². The van der Waals surface area contributed by atoms with Gasteiger partial charge in [-0.3, -0.25) is 0 Å². The number of hydrogen-bond donors (Lipinski definition) is 2. The van der Waals surface area contributed by atoms with Crippen LogP contribution in [-0.2, 0) is 5.41 Å². The summed E-state index contributed by atoms with van der Waals surface area (Å²) < 4.78 is 6.44. The maximum absolute atomic E-state index is 9.94. The largest absolute Gasteiger partial charge is 0.488 e. The molecule has 39 heavy (non-hydrogen) atoms. The van der Waals surface area contributed by atoms with Gasteiger partial charge in [0.05, 0.1) is 5.41 Å². The van der Waals surface area contributed by atoms with E-state index in [1.54, 1.807) is 12.1 Å². The summed E-state index contributed by atoms with van der Waals surface area (Å²) in [5.74, 6) is 1.41. The first-order chi connectivity index (χ1) is 19.2. The van der Waals surface area contributed by atoms with Gasteiger partial charge in [0.15, 0.2) is 0 Å². The van der Waals surface area contributed by atoms with E-state index < -0.39 is 12.5 Å². The summed E-state index contributed by atoms with van der Waals surface area (Å²) in [7, 11) is -1.58. The third kappa shape index (κ3) is 3.01. The van der Waals surface area contributed by atoms with Crippen LogP contribution < -0.4 is 10.2 Å². The maximum Gasteiger partial charge on any atom is 0.488 e. The molecule has 0 bridgehead atoms. The second kappa shape index (κ2) is 8.18. The van der Waals surface area contributed by atoms with E-state index in [1.807, 2.05) is 18.2 Å². The number of fused-ring (bicyclic) bond motifs is 10. The maximum atomic E-state index is 9.94. The van der Waals surface area contributed by atoms with Gasteiger partial charge in [-0.1, -0.05) is 109 Å². The molecule has 8 rings (SSSR count). The van der Waals surface area contributed by atoms with Crippen molar-refractivity contribution in [3.8, 4) is 33.8 Å². The molecule has 0 saturated carbocycles. The van der Waals surface area contributed by atoms with Gasteiger partial charge in [-0.05, 0) is 67.8 Å². The lowest BCUT2D eigenvalue weighted by Crippen LogP contribution is -2.35. The van der Waals surface area contributed by atoms with Crippen molar-refractivity contribution in [2.24, 2.45) is 0 Å². The van der Waals surface area contributed by atoms with Crippen LogP contribution in [0.3, 0.4) is 0 Å². The first kappa shape index (κ1) is 22.4. The monoisotopic (exact) mass is 502 g/mol. The number of hydrogen-bond acceptors (Lipinski definition) is 3. The highest BCUT2D eigenvalue weighted by atomic mass is 16.5. The fourth-order valence-electron chi connectivity index (χ4n) is 6.73. The molecule has 6 aromatic carbocycles. The Bertz CT molecular complexity index is 1940. The summed E-state index contributed by atoms with van der Waals surface area (Å²) in [6.07, 6.45) is 0. The van der Waals surface area contributed by atoms with Crippen LogP contribution in [-0.4, -0.2) is 17.2 Å². The molecule has 0 amide bonds. The standard InChI is InChI=1S/C35H23BO3/c37-36(38)24-17-19-31-34(21-24)39-33-15-6-5-14-30(33)35(31)29-13-4-3-11-27(29)28-18-16-23(20-32(28)35)26-12-7-9-22-8-1-2-10-25(22)26/h1-21,37-38H. The highest BCUT2D eigenvalue weighted by Crippen LogP contribution is 2.62. The Labute approximate surface area is 226 Å². The minimum Gasteiger partial charge on any atom is -0.457 e. The lowest BCUT2D eigenvalue weighted by molar-refractivity contribution is 0.422. The van der Waals surface area contributed by atoms with Crippen molar-refractivity contribution in [3.05, 3.63) is 150 Å². The molecule has 184 valence electrons. The third-order valence-corrected chi connectivity index (χ3v) is 8.36. The molecule has 0 saturated heterocycles. The van der Waals surface area contributed by atoms with E-state index >= 15 is 0 Å². The third-order valence-electron chi connectivity index (χ3n) is 8.36. The van der Waals surface area contributed by atoms with Crippen molar-refractivity contribution in [1.29, 1.82) is 0 Å². The molecule has 1 unspecified atom stereocenters. The molecule has 2 aliphatic rings. The molecule has 0 radical (unpaired) electrons. The normalized spacial score (nSPS) is 16.3. The van der Waals surface area contributed by atoms with Crippen LogP contribution in [0.1, 0.15) is 22.3 Å². The molecular weight excluding hydrogens is 479 g/mol. The average molecular weight is 502 g/mol. The van der Waals surface area contributed by atoms with Crippen molar-refractivity contribution in [1.82, 2.24) is 0 Å². The quantitative estimate of drug-likeness (QED) is 0.260. The SMILES string of the molecule is OB(O)c1ccc2c(c1)Oc1ccccc1C21c2ccccc2-c2ccc(-c3cccc4ccccc34)cc21. The molecule has 3 nitrogen and oxygen atoms in total. The molecule has 1 atom stereocenters. The minimum atomic E-state index is -1.58. The fraction of sp³-hybridized carbons (Fsp3) is 0.0286. The Kier molecular flexibility index (Phi) is 4.69. The highest BCUT2D eigenvalue weighted by Gasteiger charge is 2.51. The zero-order chi connectivity index (χ0) is 26.1. The van der Waals surface area contributed by atoms with Crippen molar-refractivity contribution in [2.75, 3.05) is 0 Å². The van der Waals surface area contributed by atoms with Crippen LogP contribution in [0.2, 0.25) is 0 Å². The molecular formula is C35H23BO3. The molecule has 2 N–H and O–H groups in total. The van der Waals surface area contributed by atoms with Gasteiger partial charge in [0.1, 0.15) is 11.5 Å². The Morgan fingerprint density at radius 2 is 1.21 bits per heavy atom. The van der Waals surface area contributed by atoms with Crippen LogP contribution in [0.25, 0.3) is 33.0 Å². The molecule has 0 aromatic heterocycles. The van der Waals surface area contributed by atoms with Gasteiger partial charge in [0, 0.05) is 11.1 Å².